The van der Waals surface area contributed by atoms with Crippen molar-refractivity contribution in [3.8, 4) is 0 Å². The average molecular weight is 469 g/mol. The highest BCUT2D eigenvalue weighted by Crippen LogP contribution is 2.41. The lowest BCUT2D eigenvalue weighted by atomic mass is 9.78. The van der Waals surface area contributed by atoms with Gasteiger partial charge in [0.15, 0.2) is 5.82 Å². The van der Waals surface area contributed by atoms with Crippen LogP contribution in [-0.4, -0.2) is 42.2 Å². The summed E-state index contributed by atoms with van der Waals surface area (Å²) >= 11 is 0. The molecule has 0 aromatic heterocycles. The Bertz CT molecular complexity index is 1150. The number of hydrogen-bond donors (Lipinski definition) is 1. The summed E-state index contributed by atoms with van der Waals surface area (Å²) in [5, 5.41) is 1.80. The maximum absolute atomic E-state index is 13.6. The first-order chi connectivity index (χ1) is 16.1. The van der Waals surface area contributed by atoms with Crippen molar-refractivity contribution >= 4 is 17.7 Å². The second kappa shape index (κ2) is 9.10. The SMILES string of the molecule is CCN(C)C(=O)C(C)(Cc1ccccc1)C1=CC=NC2=C(c3ccc(C(F)(F)F)cc3)CNN12. The average Bonchev–Trinajstić information content (AvgIpc) is 3.27. The first kappa shape index (κ1) is 23.8. The van der Waals surface area contributed by atoms with Gasteiger partial charge in [-0.2, -0.15) is 13.2 Å². The summed E-state index contributed by atoms with van der Waals surface area (Å²) in [6.07, 6.45) is -0.422. The van der Waals surface area contributed by atoms with Gasteiger partial charge in [0.1, 0.15) is 0 Å². The number of alkyl halides is 3. The third-order valence-electron chi connectivity index (χ3n) is 6.39. The summed E-state index contributed by atoms with van der Waals surface area (Å²) < 4.78 is 39.0. The molecule has 0 saturated carbocycles. The number of nitrogens with zero attached hydrogens (tertiary/aromatic N) is 3. The largest absolute Gasteiger partial charge is 0.416 e. The van der Waals surface area contributed by atoms with Crippen LogP contribution in [0.2, 0.25) is 0 Å². The molecule has 1 N–H and O–H groups in total. The maximum Gasteiger partial charge on any atom is 0.416 e. The second-order valence-corrected chi connectivity index (χ2v) is 8.69. The van der Waals surface area contributed by atoms with Gasteiger partial charge >= 0.3 is 6.18 Å². The molecule has 1 amide bonds. The van der Waals surface area contributed by atoms with Gasteiger partial charge in [0.25, 0.3) is 0 Å². The number of allylic oxidation sites excluding steroid dienone is 1. The van der Waals surface area contributed by atoms with Crippen LogP contribution in [0.4, 0.5) is 13.2 Å². The quantitative estimate of drug-likeness (QED) is 0.657. The zero-order valence-corrected chi connectivity index (χ0v) is 19.4. The molecule has 0 aliphatic carbocycles. The minimum Gasteiger partial charge on any atom is -0.345 e. The van der Waals surface area contributed by atoms with Gasteiger partial charge in [0.2, 0.25) is 5.91 Å². The van der Waals surface area contributed by atoms with E-state index in [1.165, 1.54) is 12.1 Å². The molecule has 0 bridgehead atoms. The molecule has 34 heavy (non-hydrogen) atoms. The molecule has 0 radical (unpaired) electrons. The lowest BCUT2D eigenvalue weighted by Crippen LogP contribution is -2.49. The topological polar surface area (TPSA) is 47.9 Å². The van der Waals surface area contributed by atoms with E-state index in [0.29, 0.717) is 30.9 Å². The normalized spacial score (nSPS) is 17.4. The van der Waals surface area contributed by atoms with E-state index in [-0.39, 0.29) is 5.91 Å². The Hall–Kier alpha value is -3.39. The Morgan fingerprint density at radius 2 is 1.79 bits per heavy atom. The summed E-state index contributed by atoms with van der Waals surface area (Å²) in [4.78, 5) is 19.8. The van der Waals surface area contributed by atoms with Crippen LogP contribution in [0.25, 0.3) is 5.57 Å². The predicted octanol–water partition coefficient (Wildman–Crippen LogP) is 4.89. The molecule has 2 heterocycles. The van der Waals surface area contributed by atoms with Crippen molar-refractivity contribution in [3.05, 3.63) is 88.9 Å². The summed E-state index contributed by atoms with van der Waals surface area (Å²) in [7, 11) is 1.78. The van der Waals surface area contributed by atoms with Crippen molar-refractivity contribution in [2.75, 3.05) is 20.1 Å². The lowest BCUT2D eigenvalue weighted by molar-refractivity contribution is -0.139. The van der Waals surface area contributed by atoms with Crippen molar-refractivity contribution in [1.82, 2.24) is 15.3 Å². The molecule has 0 fully saturated rings. The number of hydrazine groups is 1. The second-order valence-electron chi connectivity index (χ2n) is 8.69. The summed E-state index contributed by atoms with van der Waals surface area (Å²) in [5.74, 6) is 0.563. The molecule has 1 atom stereocenters. The number of carbonyl (C=O) groups excluding carboxylic acids is 1. The molecular formula is C26H27F3N4O. The minimum absolute atomic E-state index is 0.0236. The summed E-state index contributed by atoms with van der Waals surface area (Å²) in [6, 6.07) is 14.9. The predicted molar refractivity (Wildman–Crippen MR) is 126 cm³/mol. The fourth-order valence-electron chi connectivity index (χ4n) is 4.40. The van der Waals surface area contributed by atoms with Crippen LogP contribution in [0.15, 0.2) is 77.2 Å². The highest BCUT2D eigenvalue weighted by molar-refractivity contribution is 5.89. The molecule has 5 nitrogen and oxygen atoms in total. The van der Waals surface area contributed by atoms with Gasteiger partial charge in [-0.15, -0.1) is 0 Å². The number of fused-ring (bicyclic) bond motifs is 1. The van der Waals surface area contributed by atoms with E-state index in [2.05, 4.69) is 10.4 Å². The molecule has 8 heteroatoms. The van der Waals surface area contributed by atoms with Gasteiger partial charge < -0.3 is 4.90 Å². The van der Waals surface area contributed by atoms with Crippen molar-refractivity contribution in [1.29, 1.82) is 0 Å². The third kappa shape index (κ3) is 4.37. The first-order valence-electron chi connectivity index (χ1n) is 11.1. The molecule has 4 rings (SSSR count). The molecule has 2 aromatic carbocycles. The van der Waals surface area contributed by atoms with Crippen LogP contribution in [0.3, 0.4) is 0 Å². The number of hydrogen-bond acceptors (Lipinski definition) is 4. The van der Waals surface area contributed by atoms with Crippen molar-refractivity contribution in [3.63, 3.8) is 0 Å². The van der Waals surface area contributed by atoms with Gasteiger partial charge in [0, 0.05) is 31.9 Å². The number of benzene rings is 2. The zero-order chi connectivity index (χ0) is 24.5. The monoisotopic (exact) mass is 468 g/mol. The Kier molecular flexibility index (Phi) is 6.36. The number of amides is 1. The molecule has 2 aliphatic rings. The third-order valence-corrected chi connectivity index (χ3v) is 6.39. The van der Waals surface area contributed by atoms with Gasteiger partial charge in [-0.1, -0.05) is 42.5 Å². The van der Waals surface area contributed by atoms with Gasteiger partial charge in [-0.25, -0.2) is 10.4 Å². The van der Waals surface area contributed by atoms with E-state index in [4.69, 9.17) is 0 Å². The van der Waals surface area contributed by atoms with Crippen molar-refractivity contribution in [2.45, 2.75) is 26.4 Å². The molecular weight excluding hydrogens is 441 g/mol. The van der Waals surface area contributed by atoms with E-state index in [1.807, 2.05) is 50.3 Å². The van der Waals surface area contributed by atoms with Crippen LogP contribution in [0.1, 0.15) is 30.5 Å². The number of aliphatic imine (C=N–C) groups is 1. The molecule has 0 saturated heterocycles. The maximum atomic E-state index is 13.6. The van der Waals surface area contributed by atoms with Crippen LogP contribution in [0.5, 0.6) is 0 Å². The van der Waals surface area contributed by atoms with Crippen LogP contribution in [-0.2, 0) is 17.4 Å². The lowest BCUT2D eigenvalue weighted by Gasteiger charge is -2.39. The first-order valence-corrected chi connectivity index (χ1v) is 11.1. The Morgan fingerprint density at radius 1 is 1.12 bits per heavy atom. The highest BCUT2D eigenvalue weighted by atomic mass is 19.4. The van der Waals surface area contributed by atoms with Gasteiger partial charge in [-0.3, -0.25) is 9.80 Å². The Morgan fingerprint density at radius 3 is 2.41 bits per heavy atom. The van der Waals surface area contributed by atoms with E-state index in [1.54, 1.807) is 23.2 Å². The Balaban J connectivity index is 1.72. The summed E-state index contributed by atoms with van der Waals surface area (Å²) in [6.45, 7) is 4.81. The smallest absolute Gasteiger partial charge is 0.345 e. The van der Waals surface area contributed by atoms with E-state index in [0.717, 1.165) is 29.0 Å². The molecule has 0 spiro atoms. The van der Waals surface area contributed by atoms with Crippen molar-refractivity contribution in [2.24, 2.45) is 10.4 Å². The summed E-state index contributed by atoms with van der Waals surface area (Å²) in [5.41, 5.74) is 4.89. The fourth-order valence-corrected chi connectivity index (χ4v) is 4.40. The molecule has 1 unspecified atom stereocenters. The molecule has 2 aromatic rings. The van der Waals surface area contributed by atoms with Crippen LogP contribution >= 0.6 is 0 Å². The number of halogens is 3. The van der Waals surface area contributed by atoms with E-state index < -0.39 is 17.2 Å². The van der Waals surface area contributed by atoms with Gasteiger partial charge in [0.05, 0.1) is 16.7 Å². The molecule has 2 aliphatic heterocycles. The number of carbonyl (C=O) groups is 1. The number of rotatable bonds is 6. The van der Waals surface area contributed by atoms with E-state index in [9.17, 15) is 18.0 Å². The van der Waals surface area contributed by atoms with E-state index >= 15 is 0 Å². The minimum atomic E-state index is -4.39. The van der Waals surface area contributed by atoms with Crippen molar-refractivity contribution < 1.29 is 18.0 Å². The molecule has 178 valence electrons. The number of nitrogens with one attached hydrogen (secondary N) is 1. The van der Waals surface area contributed by atoms with Crippen LogP contribution in [0, 0.1) is 5.41 Å². The van der Waals surface area contributed by atoms with Crippen LogP contribution < -0.4 is 5.43 Å². The van der Waals surface area contributed by atoms with Gasteiger partial charge in [-0.05, 0) is 49.6 Å². The highest BCUT2D eigenvalue weighted by Gasteiger charge is 2.44. The standard InChI is InChI=1S/C26H27F3N4O/c1-4-32(3)24(34)25(2,16-18-8-6-5-7-9-18)22-14-15-30-23-21(17-31-33(22)23)19-10-12-20(13-11-19)26(27,28)29/h5-15,31H,4,16-17H2,1-3H3. The fraction of sp³-hybridized carbons (Fsp3) is 0.308. The Labute approximate surface area is 197 Å². The zero-order valence-electron chi connectivity index (χ0n) is 19.4.